The molecule has 6 rings (SSSR count). The van der Waals surface area contributed by atoms with Crippen LogP contribution in [0.25, 0.3) is 17.1 Å². The highest BCUT2D eigenvalue weighted by Crippen LogP contribution is 2.37. The number of carbonyl (C=O) groups is 4. The Morgan fingerprint density at radius 1 is 0.964 bits per heavy atom. The molecular weight excluding hydrogens is 743 g/mol. The fraction of sp³-hybridized carbons (Fsp3) is 0.417. The topological polar surface area (TPSA) is 173 Å². The van der Waals surface area contributed by atoms with E-state index in [1.807, 2.05) is 4.90 Å². The van der Waals surface area contributed by atoms with Crippen LogP contribution in [0.5, 0.6) is 0 Å². The summed E-state index contributed by atoms with van der Waals surface area (Å²) in [4.78, 5) is 62.6. The van der Waals surface area contributed by atoms with Crippen LogP contribution in [0.2, 0.25) is 5.02 Å². The van der Waals surface area contributed by atoms with Crippen molar-refractivity contribution >= 4 is 46.6 Å². The lowest BCUT2D eigenvalue weighted by Crippen LogP contribution is -2.54. The van der Waals surface area contributed by atoms with Crippen LogP contribution in [-0.4, -0.2) is 122 Å². The molecule has 4 amide bonds. The third kappa shape index (κ3) is 8.91. The van der Waals surface area contributed by atoms with Gasteiger partial charge in [0.15, 0.2) is 17.3 Å². The highest BCUT2D eigenvalue weighted by molar-refractivity contribution is 6.34. The second-order valence-corrected chi connectivity index (χ2v) is 14.7. The number of piperidine rings is 1. The quantitative estimate of drug-likeness (QED) is 0.205. The molecule has 5 heterocycles. The molecule has 0 aliphatic carbocycles. The van der Waals surface area contributed by atoms with Gasteiger partial charge in [-0.2, -0.15) is 18.3 Å². The predicted molar refractivity (Wildman–Crippen MR) is 197 cm³/mol. The van der Waals surface area contributed by atoms with E-state index in [0.29, 0.717) is 31.9 Å². The molecular formula is C36H42ClF3N11O4+. The number of nitrogens with two attached hydrogens (primary N) is 1. The predicted octanol–water partition coefficient (Wildman–Crippen LogP) is 3.65. The first-order valence-corrected chi connectivity index (χ1v) is 18.1. The average molecular weight is 785 g/mol. The molecule has 2 fully saturated rings. The van der Waals surface area contributed by atoms with Crippen LogP contribution in [0.3, 0.4) is 0 Å². The third-order valence-electron chi connectivity index (χ3n) is 9.98. The number of benzene rings is 1. The number of nitrogens with one attached hydrogen (secondary N) is 2. The summed E-state index contributed by atoms with van der Waals surface area (Å²) in [6.45, 7) is 3.78. The van der Waals surface area contributed by atoms with E-state index in [-0.39, 0.29) is 69.9 Å². The smallest absolute Gasteiger partial charge is 0.383 e. The van der Waals surface area contributed by atoms with E-state index in [1.54, 1.807) is 11.0 Å². The lowest BCUT2D eigenvalue weighted by Gasteiger charge is -2.40. The molecule has 3 aromatic heterocycles. The van der Waals surface area contributed by atoms with Gasteiger partial charge in [0, 0.05) is 76.8 Å². The van der Waals surface area contributed by atoms with Gasteiger partial charge in [0.05, 0.1) is 67.1 Å². The number of nitrogens with zero attached hydrogens (tertiary/aromatic N) is 8. The first-order valence-electron chi connectivity index (χ1n) is 17.7. The molecule has 0 radical (unpaired) electrons. The maximum Gasteiger partial charge on any atom is 0.435 e. The van der Waals surface area contributed by atoms with Crippen LogP contribution in [-0.2, 0) is 22.8 Å². The van der Waals surface area contributed by atoms with Crippen LogP contribution < -0.4 is 16.4 Å². The summed E-state index contributed by atoms with van der Waals surface area (Å²) in [5.74, 6) is -1.47. The number of likely N-dealkylation sites (tertiary alicyclic amines) is 1. The Kier molecular flexibility index (Phi) is 11.2. The Labute approximate surface area is 319 Å². The van der Waals surface area contributed by atoms with Gasteiger partial charge in [0.1, 0.15) is 0 Å². The van der Waals surface area contributed by atoms with E-state index in [9.17, 15) is 32.3 Å². The number of imidazole rings is 1. The Hall–Kier alpha value is -5.49. The lowest BCUT2D eigenvalue weighted by atomic mass is 9.94. The molecule has 2 aliphatic heterocycles. The van der Waals surface area contributed by atoms with Crippen LogP contribution >= 0.6 is 11.6 Å². The first-order chi connectivity index (χ1) is 26.0. The second-order valence-electron chi connectivity index (χ2n) is 14.3. The van der Waals surface area contributed by atoms with Gasteiger partial charge in [-0.1, -0.05) is 11.6 Å². The minimum atomic E-state index is -4.85. The molecule has 0 atom stereocenters. The number of rotatable bonds is 10. The fourth-order valence-corrected chi connectivity index (χ4v) is 7.00. The monoisotopic (exact) mass is 784 g/mol. The van der Waals surface area contributed by atoms with Gasteiger partial charge < -0.3 is 35.2 Å². The normalized spacial score (nSPS) is 16.2. The van der Waals surface area contributed by atoms with E-state index < -0.39 is 23.7 Å². The molecule has 55 heavy (non-hydrogen) atoms. The summed E-state index contributed by atoms with van der Waals surface area (Å²) < 4.78 is 45.7. The third-order valence-corrected chi connectivity index (χ3v) is 10.3. The Morgan fingerprint density at radius 3 is 2.25 bits per heavy atom. The average Bonchev–Trinajstić information content (AvgIpc) is 3.75. The molecule has 0 spiro atoms. The van der Waals surface area contributed by atoms with Gasteiger partial charge >= 0.3 is 6.18 Å². The number of aromatic nitrogens is 5. The van der Waals surface area contributed by atoms with Crippen molar-refractivity contribution < 1.29 is 36.8 Å². The van der Waals surface area contributed by atoms with Crippen molar-refractivity contribution in [3.8, 4) is 17.1 Å². The van der Waals surface area contributed by atoms with E-state index >= 15 is 0 Å². The Bertz CT molecular complexity index is 2080. The number of anilines is 2. The minimum absolute atomic E-state index is 0.0116. The van der Waals surface area contributed by atoms with E-state index in [0.717, 1.165) is 47.5 Å². The summed E-state index contributed by atoms with van der Waals surface area (Å²) in [5.41, 5.74) is 4.56. The van der Waals surface area contributed by atoms with E-state index in [2.05, 4.69) is 39.8 Å². The van der Waals surface area contributed by atoms with Crippen LogP contribution in [0.4, 0.5) is 24.5 Å². The summed E-state index contributed by atoms with van der Waals surface area (Å²) >= 11 is 6.52. The molecule has 15 nitrogen and oxygen atoms in total. The summed E-state index contributed by atoms with van der Waals surface area (Å²) in [6.07, 6.45) is 0.616. The first kappa shape index (κ1) is 39.2. The van der Waals surface area contributed by atoms with Crippen molar-refractivity contribution in [1.29, 1.82) is 0 Å². The van der Waals surface area contributed by atoms with E-state index in [1.165, 1.54) is 42.1 Å². The zero-order valence-electron chi connectivity index (χ0n) is 30.6. The minimum Gasteiger partial charge on any atom is -0.383 e. The summed E-state index contributed by atoms with van der Waals surface area (Å²) in [7, 11) is 5.74. The number of hydrogen-bond acceptors (Lipinski definition) is 8. The molecule has 0 unspecified atom stereocenters. The summed E-state index contributed by atoms with van der Waals surface area (Å²) in [6, 6.07) is 7.43. The van der Waals surface area contributed by atoms with Gasteiger partial charge in [-0.3, -0.25) is 19.2 Å². The van der Waals surface area contributed by atoms with Gasteiger partial charge in [-0.05, 0) is 30.3 Å². The van der Waals surface area contributed by atoms with Gasteiger partial charge in [0.25, 0.3) is 11.8 Å². The zero-order valence-corrected chi connectivity index (χ0v) is 31.3. The SMILES string of the molecule is Cn1c(-c2cn(-c3ccc(NCCC(N)=O)cn3)nc2C(F)(F)F)cnc1C(=O)Nc1ccc(C(=O)N2CCN(C(=O)C3CC[N+](C)(C)CC3)CC2)c(Cl)c1. The molecule has 4 N–H and O–H groups in total. The van der Waals surface area contributed by atoms with Crippen LogP contribution in [0.1, 0.15) is 45.9 Å². The van der Waals surface area contributed by atoms with Crippen molar-refractivity contribution in [3.05, 3.63) is 71.0 Å². The number of quaternary nitrogens is 1. The van der Waals surface area contributed by atoms with Crippen molar-refractivity contribution in [3.63, 3.8) is 0 Å². The van der Waals surface area contributed by atoms with Crippen LogP contribution in [0, 0.1) is 5.92 Å². The highest BCUT2D eigenvalue weighted by atomic mass is 35.5. The number of primary amides is 1. The largest absolute Gasteiger partial charge is 0.435 e. The van der Waals surface area contributed by atoms with E-state index in [4.69, 9.17) is 17.3 Å². The van der Waals surface area contributed by atoms with Crippen molar-refractivity contribution in [2.24, 2.45) is 18.7 Å². The standard InChI is InChI=1S/C36H41ClF3N11O4/c1-47-28(26-21-50(46-31(26)36(38,39)40)30-7-5-24(19-43-30)42-11-8-29(41)52)20-44-32(47)33(53)45-23-4-6-25(27(37)18-23)35(55)49-14-12-48(13-15-49)34(54)22-9-16-51(2,3)17-10-22/h4-7,18-22,42H,8-17H2,1-3H3,(H2-,41,45,52,53,55)/p+1. The molecule has 19 heteroatoms. The number of carbonyl (C=O) groups excluding carboxylic acids is 4. The van der Waals surface area contributed by atoms with Gasteiger partial charge in [-0.15, -0.1) is 0 Å². The fourth-order valence-electron chi connectivity index (χ4n) is 6.74. The van der Waals surface area contributed by atoms with Crippen molar-refractivity contribution in [1.82, 2.24) is 34.1 Å². The molecule has 0 bridgehead atoms. The molecule has 292 valence electrons. The second kappa shape index (κ2) is 15.7. The Balaban J connectivity index is 1.10. The number of hydrogen-bond donors (Lipinski definition) is 3. The highest BCUT2D eigenvalue weighted by Gasteiger charge is 2.39. The molecule has 2 saturated heterocycles. The lowest BCUT2D eigenvalue weighted by molar-refractivity contribution is -0.895. The number of piperazine rings is 1. The molecule has 4 aromatic rings. The summed E-state index contributed by atoms with van der Waals surface area (Å²) in [5, 5.41) is 9.43. The molecule has 2 aliphatic rings. The van der Waals surface area contributed by atoms with Gasteiger partial charge in [0.2, 0.25) is 11.8 Å². The molecule has 1 aromatic carbocycles. The van der Waals surface area contributed by atoms with Crippen LogP contribution in [0.15, 0.2) is 48.9 Å². The van der Waals surface area contributed by atoms with Crippen molar-refractivity contribution in [2.45, 2.75) is 25.4 Å². The zero-order chi connectivity index (χ0) is 39.7. The van der Waals surface area contributed by atoms with Gasteiger partial charge in [-0.25, -0.2) is 14.6 Å². The Morgan fingerprint density at radius 2 is 1.64 bits per heavy atom. The number of alkyl halides is 3. The maximum atomic E-state index is 14.2. The number of pyridine rings is 1. The molecule has 0 saturated carbocycles. The maximum absolute atomic E-state index is 14.2. The number of halogens is 4. The van der Waals surface area contributed by atoms with Crippen molar-refractivity contribution in [2.75, 3.05) is 70.5 Å². The number of amides is 4.